The van der Waals surface area contributed by atoms with E-state index >= 15 is 0 Å². The van der Waals surface area contributed by atoms with Crippen molar-refractivity contribution in [1.82, 2.24) is 0 Å². The van der Waals surface area contributed by atoms with Crippen LogP contribution in [-0.2, 0) is 0 Å². The van der Waals surface area contributed by atoms with Gasteiger partial charge in [0.05, 0.1) is 0 Å². The molecule has 0 aromatic carbocycles. The molecule has 0 fully saturated rings. The largest absolute Gasteiger partial charge is 0.371 e. The summed E-state index contributed by atoms with van der Waals surface area (Å²) in [6.45, 7) is 0. The summed E-state index contributed by atoms with van der Waals surface area (Å²) in [7, 11) is 0. The average Bonchev–Trinajstić information content (AvgIpc) is 2.53. The number of halogens is 2. The first kappa shape index (κ1) is 7.54. The predicted molar refractivity (Wildman–Crippen MR) is 37.9 cm³/mol. The number of Topliss-reactive ketones (excluding diaryl/α,β-unsaturated/α-hetero) is 2. The lowest BCUT2D eigenvalue weighted by Gasteiger charge is -2.02. The lowest BCUT2D eigenvalue weighted by atomic mass is 10.2. The topological polar surface area (TPSA) is 34.1 Å². The molecule has 0 aliphatic heterocycles. The standard InChI is InChI=1S/C7H2F2O2S/c8-7(9)5(10)3-1-12-2-4(3)6(7)11/h1-2H. The molecular weight excluding hydrogens is 186 g/mol. The number of hydrogen-bond donors (Lipinski definition) is 0. The van der Waals surface area contributed by atoms with Crippen molar-refractivity contribution in [3.05, 3.63) is 21.9 Å². The Morgan fingerprint density at radius 1 is 1.08 bits per heavy atom. The molecule has 0 bridgehead atoms. The second kappa shape index (κ2) is 1.98. The normalized spacial score (nSPS) is 19.8. The predicted octanol–water partition coefficient (Wildman–Crippen LogP) is 1.76. The second-order valence-electron chi connectivity index (χ2n) is 2.43. The Bertz CT molecular complexity index is 348. The van der Waals surface area contributed by atoms with Gasteiger partial charge in [-0.25, -0.2) is 0 Å². The summed E-state index contributed by atoms with van der Waals surface area (Å²) in [5.74, 6) is -6.56. The van der Waals surface area contributed by atoms with Crippen molar-refractivity contribution >= 4 is 22.9 Å². The summed E-state index contributed by atoms with van der Waals surface area (Å²) in [6.07, 6.45) is 0. The molecule has 1 heterocycles. The lowest BCUT2D eigenvalue weighted by Crippen LogP contribution is -2.30. The van der Waals surface area contributed by atoms with Gasteiger partial charge in [0.25, 0.3) is 0 Å². The number of thiophene rings is 1. The zero-order valence-electron chi connectivity index (χ0n) is 5.64. The Kier molecular flexibility index (Phi) is 1.24. The van der Waals surface area contributed by atoms with Crippen LogP contribution in [0.5, 0.6) is 0 Å². The number of fused-ring (bicyclic) bond motifs is 1. The fourth-order valence-electron chi connectivity index (χ4n) is 1.09. The summed E-state index contributed by atoms with van der Waals surface area (Å²) < 4.78 is 25.3. The summed E-state index contributed by atoms with van der Waals surface area (Å²) in [5, 5.41) is 2.55. The molecule has 0 atom stereocenters. The van der Waals surface area contributed by atoms with E-state index in [2.05, 4.69) is 0 Å². The molecule has 0 unspecified atom stereocenters. The highest BCUT2D eigenvalue weighted by molar-refractivity contribution is 7.08. The average molecular weight is 188 g/mol. The molecule has 0 amide bonds. The third kappa shape index (κ3) is 0.665. The Balaban J connectivity index is 2.69. The minimum absolute atomic E-state index is 0.144. The van der Waals surface area contributed by atoms with E-state index < -0.39 is 17.5 Å². The molecule has 1 aromatic heterocycles. The number of hydrogen-bond acceptors (Lipinski definition) is 3. The van der Waals surface area contributed by atoms with Crippen LogP contribution in [0.25, 0.3) is 0 Å². The maximum Gasteiger partial charge on any atom is 0.371 e. The second-order valence-corrected chi connectivity index (χ2v) is 3.18. The van der Waals surface area contributed by atoms with E-state index in [0.29, 0.717) is 0 Å². The quantitative estimate of drug-likeness (QED) is 0.581. The fraction of sp³-hybridized carbons (Fsp3) is 0.143. The first-order valence-electron chi connectivity index (χ1n) is 3.08. The van der Waals surface area contributed by atoms with E-state index in [9.17, 15) is 18.4 Å². The van der Waals surface area contributed by atoms with Crippen LogP contribution in [0.15, 0.2) is 10.8 Å². The van der Waals surface area contributed by atoms with Crippen LogP contribution >= 0.6 is 11.3 Å². The molecule has 12 heavy (non-hydrogen) atoms. The Labute approximate surface area is 69.8 Å². The number of ketones is 2. The monoisotopic (exact) mass is 188 g/mol. The number of carbonyl (C=O) groups excluding carboxylic acids is 2. The number of rotatable bonds is 0. The van der Waals surface area contributed by atoms with Gasteiger partial charge in [-0.15, -0.1) is 0 Å². The molecule has 2 rings (SSSR count). The highest BCUT2D eigenvalue weighted by atomic mass is 32.1. The summed E-state index contributed by atoms with van der Waals surface area (Å²) in [4.78, 5) is 21.7. The van der Waals surface area contributed by atoms with Crippen molar-refractivity contribution in [2.75, 3.05) is 0 Å². The smallest absolute Gasteiger partial charge is 0.287 e. The molecule has 0 saturated heterocycles. The molecular formula is C7H2F2O2S. The van der Waals surface area contributed by atoms with Gasteiger partial charge < -0.3 is 0 Å². The molecule has 1 aliphatic carbocycles. The van der Waals surface area contributed by atoms with E-state index in [1.54, 1.807) is 0 Å². The van der Waals surface area contributed by atoms with Gasteiger partial charge in [0.1, 0.15) is 0 Å². The van der Waals surface area contributed by atoms with Crippen molar-refractivity contribution in [3.63, 3.8) is 0 Å². The van der Waals surface area contributed by atoms with E-state index in [1.807, 2.05) is 0 Å². The highest BCUT2D eigenvalue weighted by Crippen LogP contribution is 2.35. The van der Waals surface area contributed by atoms with Gasteiger partial charge in [-0.3, -0.25) is 9.59 Å². The van der Waals surface area contributed by atoms with Crippen molar-refractivity contribution < 1.29 is 18.4 Å². The van der Waals surface area contributed by atoms with Gasteiger partial charge in [-0.1, -0.05) is 0 Å². The SMILES string of the molecule is O=C1c2cscc2C(=O)C1(F)F. The van der Waals surface area contributed by atoms with Crippen molar-refractivity contribution in [3.8, 4) is 0 Å². The molecule has 0 saturated carbocycles. The van der Waals surface area contributed by atoms with Crippen LogP contribution in [0, 0.1) is 0 Å². The number of carbonyl (C=O) groups is 2. The first-order chi connectivity index (χ1) is 5.55. The third-order valence-electron chi connectivity index (χ3n) is 1.72. The lowest BCUT2D eigenvalue weighted by molar-refractivity contribution is 0.0189. The Morgan fingerprint density at radius 2 is 1.50 bits per heavy atom. The van der Waals surface area contributed by atoms with Gasteiger partial charge >= 0.3 is 5.92 Å². The Hall–Kier alpha value is -1.10. The Morgan fingerprint density at radius 3 is 1.92 bits per heavy atom. The van der Waals surface area contributed by atoms with E-state index in [1.165, 1.54) is 10.8 Å². The third-order valence-corrected chi connectivity index (χ3v) is 2.47. The van der Waals surface area contributed by atoms with Crippen LogP contribution in [-0.4, -0.2) is 17.5 Å². The van der Waals surface area contributed by atoms with Crippen molar-refractivity contribution in [1.29, 1.82) is 0 Å². The van der Waals surface area contributed by atoms with Gasteiger partial charge in [0.2, 0.25) is 11.6 Å². The van der Waals surface area contributed by atoms with Crippen LogP contribution in [0.3, 0.4) is 0 Å². The van der Waals surface area contributed by atoms with Gasteiger partial charge in [0.15, 0.2) is 0 Å². The molecule has 0 N–H and O–H groups in total. The van der Waals surface area contributed by atoms with E-state index in [0.717, 1.165) is 11.3 Å². The van der Waals surface area contributed by atoms with Crippen LogP contribution < -0.4 is 0 Å². The zero-order valence-corrected chi connectivity index (χ0v) is 6.45. The highest BCUT2D eigenvalue weighted by Gasteiger charge is 2.55. The minimum Gasteiger partial charge on any atom is -0.287 e. The molecule has 1 aliphatic rings. The minimum atomic E-state index is -3.82. The van der Waals surface area contributed by atoms with Crippen LogP contribution in [0.4, 0.5) is 8.78 Å². The molecule has 62 valence electrons. The maximum atomic E-state index is 12.7. The summed E-state index contributed by atoms with van der Waals surface area (Å²) >= 11 is 1.08. The maximum absolute atomic E-state index is 12.7. The van der Waals surface area contributed by atoms with Gasteiger partial charge in [-0.05, 0) is 0 Å². The van der Waals surface area contributed by atoms with Crippen molar-refractivity contribution in [2.24, 2.45) is 0 Å². The summed E-state index contributed by atoms with van der Waals surface area (Å²) in [5.41, 5.74) is -0.287. The van der Waals surface area contributed by atoms with Crippen LogP contribution in [0.1, 0.15) is 20.7 Å². The van der Waals surface area contributed by atoms with E-state index in [-0.39, 0.29) is 11.1 Å². The van der Waals surface area contributed by atoms with Crippen molar-refractivity contribution in [2.45, 2.75) is 5.92 Å². The molecule has 1 aromatic rings. The fourth-order valence-corrected chi connectivity index (χ4v) is 1.90. The molecule has 0 radical (unpaired) electrons. The molecule has 2 nitrogen and oxygen atoms in total. The van der Waals surface area contributed by atoms with Gasteiger partial charge in [-0.2, -0.15) is 20.1 Å². The zero-order chi connectivity index (χ0) is 8.93. The summed E-state index contributed by atoms with van der Waals surface area (Å²) in [6, 6.07) is 0. The number of alkyl halides is 2. The van der Waals surface area contributed by atoms with Crippen LogP contribution in [0.2, 0.25) is 0 Å². The first-order valence-corrected chi connectivity index (χ1v) is 4.03. The molecule has 0 spiro atoms. The molecule has 5 heteroatoms. The van der Waals surface area contributed by atoms with Gasteiger partial charge in [0, 0.05) is 21.9 Å². The van der Waals surface area contributed by atoms with E-state index in [4.69, 9.17) is 0 Å².